The second-order valence-corrected chi connectivity index (χ2v) is 16.2. The molecule has 0 bridgehead atoms. The van der Waals surface area contributed by atoms with Crippen LogP contribution in [-0.4, -0.2) is 37.4 Å². The van der Waals surface area contributed by atoms with Crippen LogP contribution in [0.25, 0.3) is 10.9 Å². The molecule has 5 nitrogen and oxygen atoms in total. The SMILES string of the molecule is CC(C)[Si](Oc1c2c(c(C=O)c3cc(Cc4ccc(F)cc4)cnc13)CN(C)C2=O)(C(C)C)C(C)C. The van der Waals surface area contributed by atoms with Gasteiger partial charge in [0.25, 0.3) is 14.2 Å². The Labute approximate surface area is 213 Å². The lowest BCUT2D eigenvalue weighted by Crippen LogP contribution is -2.51. The van der Waals surface area contributed by atoms with Gasteiger partial charge in [-0.05, 0) is 57.9 Å². The molecule has 0 unspecified atom stereocenters. The van der Waals surface area contributed by atoms with E-state index in [1.165, 1.54) is 12.1 Å². The summed E-state index contributed by atoms with van der Waals surface area (Å²) in [5.74, 6) is 0.107. The lowest BCUT2D eigenvalue weighted by molar-refractivity contribution is 0.0814. The van der Waals surface area contributed by atoms with Crippen molar-refractivity contribution in [1.29, 1.82) is 0 Å². The van der Waals surface area contributed by atoms with Crippen LogP contribution in [0.5, 0.6) is 5.75 Å². The average molecular weight is 507 g/mol. The zero-order valence-electron chi connectivity index (χ0n) is 22.2. The Bertz CT molecular complexity index is 1300. The minimum atomic E-state index is -2.42. The Morgan fingerprint density at radius 2 is 1.67 bits per heavy atom. The summed E-state index contributed by atoms with van der Waals surface area (Å²) in [6.07, 6.45) is 3.15. The molecule has 1 aliphatic heterocycles. The molecule has 2 heterocycles. The first-order valence-electron chi connectivity index (χ1n) is 12.6. The highest BCUT2D eigenvalue weighted by Gasteiger charge is 2.48. The first-order valence-corrected chi connectivity index (χ1v) is 14.8. The Morgan fingerprint density at radius 3 is 2.22 bits per heavy atom. The topological polar surface area (TPSA) is 59.5 Å². The predicted octanol–water partition coefficient (Wildman–Crippen LogP) is 6.92. The zero-order chi connectivity index (χ0) is 26.4. The Hall–Kier alpha value is -3.06. The average Bonchev–Trinajstić information content (AvgIpc) is 3.11. The number of pyridine rings is 1. The van der Waals surface area contributed by atoms with Crippen molar-refractivity contribution in [2.75, 3.05) is 7.05 Å². The molecule has 1 aliphatic rings. The summed E-state index contributed by atoms with van der Waals surface area (Å²) < 4.78 is 20.5. The van der Waals surface area contributed by atoms with E-state index < -0.39 is 8.32 Å². The van der Waals surface area contributed by atoms with E-state index in [0.717, 1.165) is 17.4 Å². The van der Waals surface area contributed by atoms with Gasteiger partial charge in [-0.25, -0.2) is 4.39 Å². The number of aromatic nitrogens is 1. The highest BCUT2D eigenvalue weighted by molar-refractivity contribution is 6.78. The van der Waals surface area contributed by atoms with Crippen molar-refractivity contribution in [3.63, 3.8) is 0 Å². The monoisotopic (exact) mass is 506 g/mol. The van der Waals surface area contributed by atoms with Crippen molar-refractivity contribution >= 4 is 31.4 Å². The number of carbonyl (C=O) groups excluding carboxylic acids is 2. The molecule has 4 rings (SSSR count). The van der Waals surface area contributed by atoms with E-state index in [0.29, 0.717) is 62.9 Å². The summed E-state index contributed by atoms with van der Waals surface area (Å²) in [5.41, 5.74) is 5.00. The summed E-state index contributed by atoms with van der Waals surface area (Å²) in [5, 5.41) is 0.695. The fourth-order valence-electron chi connectivity index (χ4n) is 6.04. The number of rotatable bonds is 8. The van der Waals surface area contributed by atoms with Gasteiger partial charge in [0.05, 0.1) is 5.56 Å². The number of halogens is 1. The van der Waals surface area contributed by atoms with Gasteiger partial charge in [-0.1, -0.05) is 53.7 Å². The van der Waals surface area contributed by atoms with E-state index in [9.17, 15) is 14.0 Å². The molecule has 0 fully saturated rings. The molecule has 3 aromatic rings. The second kappa shape index (κ2) is 9.77. The molecule has 2 aromatic carbocycles. The van der Waals surface area contributed by atoms with Crippen molar-refractivity contribution in [2.45, 2.75) is 71.1 Å². The van der Waals surface area contributed by atoms with E-state index >= 15 is 0 Å². The van der Waals surface area contributed by atoms with Crippen molar-refractivity contribution in [3.05, 3.63) is 70.2 Å². The number of aldehydes is 1. The molecule has 0 spiro atoms. The smallest absolute Gasteiger partial charge is 0.258 e. The molecule has 190 valence electrons. The molecule has 1 amide bonds. The molecule has 0 radical (unpaired) electrons. The maximum Gasteiger partial charge on any atom is 0.258 e. The number of hydrogen-bond acceptors (Lipinski definition) is 4. The number of fused-ring (bicyclic) bond motifs is 2. The maximum atomic E-state index is 13.4. The van der Waals surface area contributed by atoms with E-state index in [1.54, 1.807) is 30.3 Å². The van der Waals surface area contributed by atoms with Gasteiger partial charge in [-0.2, -0.15) is 0 Å². The Kier molecular flexibility index (Phi) is 7.06. The van der Waals surface area contributed by atoms with E-state index in [-0.39, 0.29) is 11.7 Å². The molecule has 0 saturated heterocycles. The lowest BCUT2D eigenvalue weighted by atomic mass is 9.95. The van der Waals surface area contributed by atoms with Gasteiger partial charge in [-0.3, -0.25) is 14.6 Å². The molecule has 0 N–H and O–H groups in total. The minimum absolute atomic E-state index is 0.138. The van der Waals surface area contributed by atoms with Crippen molar-refractivity contribution in [1.82, 2.24) is 9.88 Å². The number of benzene rings is 2. The Balaban J connectivity index is 1.97. The normalized spacial score (nSPS) is 13.9. The molecule has 7 heteroatoms. The second-order valence-electron chi connectivity index (χ2n) is 10.8. The van der Waals surface area contributed by atoms with E-state index in [1.807, 2.05) is 6.07 Å². The standard InChI is InChI=1S/C29H35FN2O3Si/c1-17(2)36(18(3)4,19(5)6)35-28-26-24(15-32(7)29(26)34)25(16-33)23-13-21(14-31-27(23)28)12-20-8-10-22(30)11-9-20/h8-11,13-14,16-19H,12,15H2,1-7H3. The third-order valence-electron chi connectivity index (χ3n) is 7.68. The molecule has 0 atom stereocenters. The highest BCUT2D eigenvalue weighted by atomic mass is 28.4. The first-order chi connectivity index (χ1) is 17.0. The van der Waals surface area contributed by atoms with Crippen LogP contribution in [0.15, 0.2) is 36.5 Å². The van der Waals surface area contributed by atoms with Crippen molar-refractivity contribution in [3.8, 4) is 5.75 Å². The van der Waals surface area contributed by atoms with Gasteiger partial charge in [-0.15, -0.1) is 0 Å². The quantitative estimate of drug-likeness (QED) is 0.246. The molecule has 0 aliphatic carbocycles. The van der Waals surface area contributed by atoms with Crippen LogP contribution >= 0.6 is 0 Å². The highest BCUT2D eigenvalue weighted by Crippen LogP contribution is 2.47. The van der Waals surface area contributed by atoms with Crippen LogP contribution in [0.4, 0.5) is 4.39 Å². The van der Waals surface area contributed by atoms with E-state index in [2.05, 4.69) is 41.5 Å². The number of hydrogen-bond donors (Lipinski definition) is 0. The third-order valence-corrected chi connectivity index (χ3v) is 13.7. The van der Waals surface area contributed by atoms with Gasteiger partial charge < -0.3 is 9.33 Å². The van der Waals surface area contributed by atoms with Crippen molar-refractivity contribution < 1.29 is 18.4 Å². The zero-order valence-corrected chi connectivity index (χ0v) is 23.2. The summed E-state index contributed by atoms with van der Waals surface area (Å²) >= 11 is 0. The van der Waals surface area contributed by atoms with Gasteiger partial charge in [0.2, 0.25) is 0 Å². The number of nitrogens with zero attached hydrogens (tertiary/aromatic N) is 2. The molecular weight excluding hydrogens is 471 g/mol. The van der Waals surface area contributed by atoms with Crippen LogP contribution in [-0.2, 0) is 13.0 Å². The van der Waals surface area contributed by atoms with Crippen LogP contribution in [0.2, 0.25) is 16.6 Å². The van der Waals surface area contributed by atoms with Gasteiger partial charge in [0.15, 0.2) is 6.29 Å². The summed E-state index contributed by atoms with van der Waals surface area (Å²) in [7, 11) is -0.675. The summed E-state index contributed by atoms with van der Waals surface area (Å²) in [6, 6.07) is 8.34. The molecule has 36 heavy (non-hydrogen) atoms. The summed E-state index contributed by atoms with van der Waals surface area (Å²) in [6.45, 7) is 13.6. The third kappa shape index (κ3) is 4.23. The maximum absolute atomic E-state index is 13.4. The van der Waals surface area contributed by atoms with Crippen LogP contribution < -0.4 is 4.43 Å². The van der Waals surface area contributed by atoms with Crippen LogP contribution in [0.1, 0.15) is 78.9 Å². The molecule has 0 saturated carbocycles. The predicted molar refractivity (Wildman–Crippen MR) is 144 cm³/mol. The van der Waals surface area contributed by atoms with Gasteiger partial charge >= 0.3 is 0 Å². The fourth-order valence-corrected chi connectivity index (χ4v) is 11.3. The molecule has 1 aromatic heterocycles. The summed E-state index contributed by atoms with van der Waals surface area (Å²) in [4.78, 5) is 32.2. The van der Waals surface area contributed by atoms with Gasteiger partial charge in [0.1, 0.15) is 17.1 Å². The largest absolute Gasteiger partial charge is 0.541 e. The minimum Gasteiger partial charge on any atom is -0.541 e. The van der Waals surface area contributed by atoms with Gasteiger partial charge in [0, 0.05) is 30.7 Å². The van der Waals surface area contributed by atoms with Crippen molar-refractivity contribution in [2.24, 2.45) is 0 Å². The lowest BCUT2D eigenvalue weighted by Gasteiger charge is -2.42. The number of carbonyl (C=O) groups is 2. The van der Waals surface area contributed by atoms with Crippen LogP contribution in [0, 0.1) is 5.82 Å². The first kappa shape index (κ1) is 26.0. The fraction of sp³-hybridized carbons (Fsp3) is 0.414. The van der Waals surface area contributed by atoms with Crippen LogP contribution in [0.3, 0.4) is 0 Å². The Morgan fingerprint density at radius 1 is 1.06 bits per heavy atom. The van der Waals surface area contributed by atoms with E-state index in [4.69, 9.17) is 9.41 Å². The number of amides is 1. The molecular formula is C29H35FN2O3Si.